The summed E-state index contributed by atoms with van der Waals surface area (Å²) in [6.45, 7) is 0. The summed E-state index contributed by atoms with van der Waals surface area (Å²) in [7, 11) is 0. The molecule has 2 aromatic carbocycles. The Hall–Kier alpha value is -3.36. The Morgan fingerprint density at radius 2 is 1.86 bits per heavy atom. The molecule has 3 aromatic heterocycles. The summed E-state index contributed by atoms with van der Waals surface area (Å²) in [6.07, 6.45) is 1.78. The number of para-hydroxylation sites is 2. The summed E-state index contributed by atoms with van der Waals surface area (Å²) in [5.41, 5.74) is 4.47. The third-order valence-electron chi connectivity index (χ3n) is 4.27. The van der Waals surface area contributed by atoms with Crippen LogP contribution in [0.25, 0.3) is 27.3 Å². The fourth-order valence-corrected chi connectivity index (χ4v) is 4.33. The molecule has 136 valence electrons. The molecule has 0 aliphatic heterocycles. The number of hydrogen-bond donors (Lipinski definition) is 1. The van der Waals surface area contributed by atoms with Crippen LogP contribution in [-0.4, -0.2) is 25.7 Å². The van der Waals surface area contributed by atoms with Gasteiger partial charge in [0.15, 0.2) is 0 Å². The molecule has 8 heteroatoms. The van der Waals surface area contributed by atoms with Gasteiger partial charge in [-0.05, 0) is 47.8 Å². The van der Waals surface area contributed by atoms with Crippen LogP contribution in [0.2, 0.25) is 0 Å². The van der Waals surface area contributed by atoms with E-state index in [0.717, 1.165) is 27.3 Å². The minimum Gasteiger partial charge on any atom is -0.299 e. The molecule has 1 amide bonds. The molecule has 0 fully saturated rings. The largest absolute Gasteiger partial charge is 0.299 e. The third kappa shape index (κ3) is 3.08. The number of amides is 1. The standard InChI is InChI=1S/C20H13N5OS2/c26-18(22-20-24-23-19(28-20)14-9-10-27-11-14)13-5-7-15(8-6-13)25-12-21-16-3-1-2-4-17(16)25/h1-12H,(H,22,24,26). The van der Waals surface area contributed by atoms with Crippen LogP contribution in [0.4, 0.5) is 5.13 Å². The minimum absolute atomic E-state index is 0.213. The van der Waals surface area contributed by atoms with Crippen molar-refractivity contribution in [3.63, 3.8) is 0 Å². The van der Waals surface area contributed by atoms with Gasteiger partial charge in [0.25, 0.3) is 5.91 Å². The summed E-state index contributed by atoms with van der Waals surface area (Å²) in [5.74, 6) is -0.213. The quantitative estimate of drug-likeness (QED) is 0.465. The zero-order chi connectivity index (χ0) is 18.9. The van der Waals surface area contributed by atoms with E-state index < -0.39 is 0 Å². The first-order chi connectivity index (χ1) is 13.8. The number of hydrogen-bond acceptors (Lipinski definition) is 6. The molecule has 5 aromatic rings. The number of benzene rings is 2. The predicted octanol–water partition coefficient (Wildman–Crippen LogP) is 4.86. The van der Waals surface area contributed by atoms with Gasteiger partial charge in [0.05, 0.1) is 11.0 Å². The van der Waals surface area contributed by atoms with Crippen LogP contribution in [0.5, 0.6) is 0 Å². The first kappa shape index (κ1) is 16.8. The fraction of sp³-hybridized carbons (Fsp3) is 0. The average Bonchev–Trinajstić information content (AvgIpc) is 3.48. The molecule has 6 nitrogen and oxygen atoms in total. The topological polar surface area (TPSA) is 72.7 Å². The summed E-state index contributed by atoms with van der Waals surface area (Å²) in [6, 6.07) is 17.3. The van der Waals surface area contributed by atoms with E-state index in [1.165, 1.54) is 11.3 Å². The summed E-state index contributed by atoms with van der Waals surface area (Å²) in [4.78, 5) is 16.9. The number of imidazole rings is 1. The Kier molecular flexibility index (Phi) is 4.19. The number of fused-ring (bicyclic) bond motifs is 1. The number of nitrogens with zero attached hydrogens (tertiary/aromatic N) is 4. The van der Waals surface area contributed by atoms with Crippen LogP contribution >= 0.6 is 22.7 Å². The smallest absolute Gasteiger partial charge is 0.257 e. The van der Waals surface area contributed by atoms with Gasteiger partial charge in [-0.15, -0.1) is 10.2 Å². The highest BCUT2D eigenvalue weighted by atomic mass is 32.1. The van der Waals surface area contributed by atoms with Crippen molar-refractivity contribution in [2.24, 2.45) is 0 Å². The van der Waals surface area contributed by atoms with Crippen molar-refractivity contribution in [1.29, 1.82) is 0 Å². The normalized spacial score (nSPS) is 11.0. The maximum atomic E-state index is 12.5. The molecule has 3 heterocycles. The zero-order valence-electron chi connectivity index (χ0n) is 14.4. The van der Waals surface area contributed by atoms with Gasteiger partial charge < -0.3 is 0 Å². The molecule has 1 N–H and O–H groups in total. The van der Waals surface area contributed by atoms with Crippen LogP contribution in [0.1, 0.15) is 10.4 Å². The fourth-order valence-electron chi connectivity index (χ4n) is 2.88. The molecule has 0 spiro atoms. The number of rotatable bonds is 4. The van der Waals surface area contributed by atoms with Gasteiger partial charge in [-0.3, -0.25) is 14.7 Å². The Morgan fingerprint density at radius 1 is 1.00 bits per heavy atom. The molecule has 0 saturated carbocycles. The average molecular weight is 403 g/mol. The van der Waals surface area contributed by atoms with Crippen LogP contribution in [0, 0.1) is 0 Å². The van der Waals surface area contributed by atoms with Gasteiger partial charge >= 0.3 is 0 Å². The third-order valence-corrected chi connectivity index (χ3v) is 5.85. The second-order valence-corrected chi connectivity index (χ2v) is 7.79. The number of anilines is 1. The van der Waals surface area contributed by atoms with Crippen molar-refractivity contribution in [1.82, 2.24) is 19.7 Å². The Balaban J connectivity index is 1.35. The highest BCUT2D eigenvalue weighted by Crippen LogP contribution is 2.28. The highest BCUT2D eigenvalue weighted by molar-refractivity contribution is 7.19. The SMILES string of the molecule is O=C(Nc1nnc(-c2ccsc2)s1)c1ccc(-n2cnc3ccccc32)cc1. The summed E-state index contributed by atoms with van der Waals surface area (Å²) >= 11 is 2.96. The van der Waals surface area contributed by atoms with Crippen LogP contribution < -0.4 is 5.32 Å². The number of carbonyl (C=O) groups excluding carboxylic acids is 1. The first-order valence-corrected chi connectivity index (χ1v) is 10.2. The van der Waals surface area contributed by atoms with E-state index in [1.54, 1.807) is 29.8 Å². The molecule has 0 bridgehead atoms. The van der Waals surface area contributed by atoms with Crippen molar-refractivity contribution >= 4 is 44.7 Å². The maximum Gasteiger partial charge on any atom is 0.257 e. The second kappa shape index (κ2) is 6.99. The van der Waals surface area contributed by atoms with Gasteiger partial charge in [0, 0.05) is 22.2 Å². The van der Waals surface area contributed by atoms with Crippen molar-refractivity contribution in [3.05, 3.63) is 77.2 Å². The van der Waals surface area contributed by atoms with Gasteiger partial charge in [-0.1, -0.05) is 23.5 Å². The molecular weight excluding hydrogens is 390 g/mol. The highest BCUT2D eigenvalue weighted by Gasteiger charge is 2.12. The van der Waals surface area contributed by atoms with Crippen molar-refractivity contribution in [3.8, 4) is 16.3 Å². The van der Waals surface area contributed by atoms with Crippen molar-refractivity contribution < 1.29 is 4.79 Å². The summed E-state index contributed by atoms with van der Waals surface area (Å²) in [5, 5.41) is 16.3. The van der Waals surface area contributed by atoms with Crippen molar-refractivity contribution in [2.45, 2.75) is 0 Å². The van der Waals surface area contributed by atoms with E-state index in [-0.39, 0.29) is 5.91 Å². The maximum absolute atomic E-state index is 12.5. The molecule has 0 aliphatic rings. The molecule has 0 aliphatic carbocycles. The molecule has 0 saturated heterocycles. The van der Waals surface area contributed by atoms with Crippen molar-refractivity contribution in [2.75, 3.05) is 5.32 Å². The Bertz CT molecular complexity index is 1260. The molecule has 5 rings (SSSR count). The van der Waals surface area contributed by atoms with Gasteiger partial charge in [0.2, 0.25) is 5.13 Å². The lowest BCUT2D eigenvalue weighted by Crippen LogP contribution is -2.11. The van der Waals surface area contributed by atoms with Crippen LogP contribution in [0.3, 0.4) is 0 Å². The van der Waals surface area contributed by atoms with E-state index in [2.05, 4.69) is 20.5 Å². The van der Waals surface area contributed by atoms with Gasteiger partial charge in [0.1, 0.15) is 11.3 Å². The number of aromatic nitrogens is 4. The Morgan fingerprint density at radius 3 is 2.68 bits per heavy atom. The lowest BCUT2D eigenvalue weighted by molar-refractivity contribution is 0.102. The van der Waals surface area contributed by atoms with Crippen LogP contribution in [0.15, 0.2) is 71.7 Å². The molecule has 28 heavy (non-hydrogen) atoms. The number of thiophene rings is 1. The lowest BCUT2D eigenvalue weighted by Gasteiger charge is -2.06. The Labute approximate surface area is 168 Å². The molecular formula is C20H13N5OS2. The zero-order valence-corrected chi connectivity index (χ0v) is 16.1. The summed E-state index contributed by atoms with van der Waals surface area (Å²) < 4.78 is 1.99. The van der Waals surface area contributed by atoms with E-state index >= 15 is 0 Å². The molecule has 0 atom stereocenters. The first-order valence-electron chi connectivity index (χ1n) is 8.48. The molecule has 0 unspecified atom stereocenters. The monoisotopic (exact) mass is 403 g/mol. The lowest BCUT2D eigenvalue weighted by atomic mass is 10.2. The van der Waals surface area contributed by atoms with Crippen LogP contribution in [-0.2, 0) is 0 Å². The number of carbonyl (C=O) groups is 1. The van der Waals surface area contributed by atoms with E-state index in [0.29, 0.717) is 10.7 Å². The molecule has 0 radical (unpaired) electrons. The number of nitrogens with one attached hydrogen (secondary N) is 1. The predicted molar refractivity (Wildman–Crippen MR) is 112 cm³/mol. The van der Waals surface area contributed by atoms with E-state index in [9.17, 15) is 4.79 Å². The minimum atomic E-state index is -0.213. The van der Waals surface area contributed by atoms with Gasteiger partial charge in [-0.2, -0.15) is 11.3 Å². The van der Waals surface area contributed by atoms with Gasteiger partial charge in [-0.25, -0.2) is 4.98 Å². The second-order valence-electron chi connectivity index (χ2n) is 6.03. The van der Waals surface area contributed by atoms with E-state index in [1.807, 2.05) is 57.8 Å². The van der Waals surface area contributed by atoms with E-state index in [4.69, 9.17) is 0 Å².